The van der Waals surface area contributed by atoms with Crippen LogP contribution >= 0.6 is 15.2 Å². The third-order valence-electron chi connectivity index (χ3n) is 2.08. The van der Waals surface area contributed by atoms with Gasteiger partial charge in [0.15, 0.2) is 5.08 Å². The molecule has 20 heavy (non-hydrogen) atoms. The van der Waals surface area contributed by atoms with Gasteiger partial charge in [0.05, 0.1) is 0 Å². The minimum atomic E-state index is -5.92. The molecule has 0 spiro atoms. The topological polar surface area (TPSA) is 170 Å². The van der Waals surface area contributed by atoms with E-state index in [1.807, 2.05) is 0 Å². The molecule has 0 saturated heterocycles. The summed E-state index contributed by atoms with van der Waals surface area (Å²) < 4.78 is 21.6. The Kier molecular flexibility index (Phi) is 15.6. The molecule has 0 aromatic carbocycles. The quantitative estimate of drug-likeness (QED) is 0.146. The number of amides is 1. The molecule has 0 bridgehead atoms. The molecule has 0 aliphatic heterocycles. The molecule has 0 aromatic rings. The van der Waals surface area contributed by atoms with Gasteiger partial charge < -0.3 is 34.6 Å². The van der Waals surface area contributed by atoms with Crippen molar-refractivity contribution in [3.63, 3.8) is 0 Å². The van der Waals surface area contributed by atoms with Crippen LogP contribution in [0.15, 0.2) is 12.7 Å². The van der Waals surface area contributed by atoms with Crippen LogP contribution in [0.25, 0.3) is 0 Å². The minimum Gasteiger partial charge on any atom is -0.808 e. The molecule has 0 aliphatic rings. The van der Waals surface area contributed by atoms with E-state index in [9.17, 15) is 28.8 Å². The molecule has 0 heterocycles. The van der Waals surface area contributed by atoms with E-state index in [2.05, 4.69) is 11.9 Å². The van der Waals surface area contributed by atoms with Crippen molar-refractivity contribution in [2.75, 3.05) is 6.54 Å². The normalized spacial score (nSPS) is 14.2. The van der Waals surface area contributed by atoms with Gasteiger partial charge in [0.25, 0.3) is 0 Å². The van der Waals surface area contributed by atoms with Crippen molar-refractivity contribution in [3.8, 4) is 0 Å². The zero-order valence-electron chi connectivity index (χ0n) is 11.2. The predicted octanol–water partition coefficient (Wildman–Crippen LogP) is -8.19. The van der Waals surface area contributed by atoms with Gasteiger partial charge >= 0.3 is 110 Å². The van der Waals surface area contributed by atoms with E-state index < -0.39 is 32.6 Å². The van der Waals surface area contributed by atoms with Crippen LogP contribution < -0.4 is 118 Å². The number of hydrogen-bond donors (Lipinski definition) is 4. The molecule has 0 rings (SSSR count). The average Bonchev–Trinajstić information content (AvgIpc) is 2.20. The molecule has 1 unspecified atom stereocenters. The number of hydrogen-bond acceptors (Lipinski definition) is 6. The van der Waals surface area contributed by atoms with E-state index in [0.29, 0.717) is 0 Å². The van der Waals surface area contributed by atoms with Crippen LogP contribution in [0, 0.1) is 0 Å². The van der Waals surface area contributed by atoms with E-state index in [1.54, 1.807) is 0 Å². The van der Waals surface area contributed by atoms with Gasteiger partial charge in [-0.3, -0.25) is 9.36 Å². The first kappa shape index (κ1) is 27.6. The number of aliphatic hydroxyl groups is 1. The maximum absolute atomic E-state index is 10.9. The van der Waals surface area contributed by atoms with Crippen molar-refractivity contribution >= 4 is 21.1 Å². The zero-order chi connectivity index (χ0) is 14.6. The molecular weight excluding hydrogens is 366 g/mol. The first-order valence-electron chi connectivity index (χ1n) is 4.66. The number of carbonyl (C=O) groups excluding carboxylic acids is 1. The van der Waals surface area contributed by atoms with Gasteiger partial charge in [0.2, 0.25) is 5.91 Å². The van der Waals surface area contributed by atoms with Crippen molar-refractivity contribution in [1.29, 1.82) is 0 Å². The van der Waals surface area contributed by atoms with Crippen molar-refractivity contribution in [2.24, 2.45) is 0 Å². The fourth-order valence-electron chi connectivity index (χ4n) is 1.05. The van der Waals surface area contributed by atoms with Crippen LogP contribution in [-0.4, -0.2) is 32.4 Å². The second-order valence-corrected chi connectivity index (χ2v) is 7.33. The molecule has 0 saturated carbocycles. The second kappa shape index (κ2) is 11.3. The predicted molar refractivity (Wildman–Crippen MR) is 57.0 cm³/mol. The Morgan fingerprint density at radius 2 is 1.75 bits per heavy atom. The van der Waals surface area contributed by atoms with E-state index in [1.165, 1.54) is 0 Å². The Hall–Kier alpha value is 2.74. The van der Waals surface area contributed by atoms with Crippen molar-refractivity contribution in [2.45, 2.75) is 17.9 Å². The number of rotatable bonds is 7. The molecule has 4 N–H and O–H groups in total. The standard InChI is InChI=1S/C7H15NO8P2.2K/c1-2-6(9)8-5-3-4-7(10,17(11,12)13)18(14,15)16;;/h2,10H,1,3-5H2,(H,8,9)(H2,11,12,13)(H2,14,15,16);;/q;2*+1/p-2. The van der Waals surface area contributed by atoms with Crippen LogP contribution in [-0.2, 0) is 13.9 Å². The zero-order valence-corrected chi connectivity index (χ0v) is 19.2. The Morgan fingerprint density at radius 1 is 1.30 bits per heavy atom. The van der Waals surface area contributed by atoms with Gasteiger partial charge in [-0.05, 0) is 26.5 Å². The Balaban J connectivity index is -0.00000144. The smallest absolute Gasteiger partial charge is 0.808 e. The minimum absolute atomic E-state index is 0. The van der Waals surface area contributed by atoms with Crippen LogP contribution in [0.1, 0.15) is 12.8 Å². The van der Waals surface area contributed by atoms with E-state index in [0.717, 1.165) is 6.08 Å². The third-order valence-corrected chi connectivity index (χ3v) is 5.85. The van der Waals surface area contributed by atoms with Crippen LogP contribution in [0.4, 0.5) is 0 Å². The molecule has 0 fully saturated rings. The first-order valence-corrected chi connectivity index (χ1v) is 7.81. The van der Waals surface area contributed by atoms with Crippen LogP contribution in [0.2, 0.25) is 0 Å². The molecule has 106 valence electrons. The molecular formula is C7H13K2NO8P2. The van der Waals surface area contributed by atoms with E-state index >= 15 is 0 Å². The maximum Gasteiger partial charge on any atom is 1.00 e. The van der Waals surface area contributed by atoms with Crippen LogP contribution in [0.3, 0.4) is 0 Å². The molecule has 0 aromatic heterocycles. The van der Waals surface area contributed by atoms with Gasteiger partial charge in [-0.15, -0.1) is 0 Å². The largest absolute Gasteiger partial charge is 1.00 e. The first-order chi connectivity index (χ1) is 7.95. The van der Waals surface area contributed by atoms with Crippen LogP contribution in [0.5, 0.6) is 0 Å². The summed E-state index contributed by atoms with van der Waals surface area (Å²) in [5.41, 5.74) is 0. The Bertz CT molecular complexity index is 397. The third kappa shape index (κ3) is 8.55. The number of carbonyl (C=O) groups is 1. The summed E-state index contributed by atoms with van der Waals surface area (Å²) in [5.74, 6) is -0.581. The van der Waals surface area contributed by atoms with Crippen molar-refractivity contribution in [3.05, 3.63) is 12.7 Å². The summed E-state index contributed by atoms with van der Waals surface area (Å²) in [6.07, 6.45) is -0.365. The SMILES string of the molecule is C=CC(=O)NCCCC(O)(P(=O)([O-])[O-])P(=O)(O)O.[K+].[K+]. The maximum atomic E-state index is 10.9. The van der Waals surface area contributed by atoms with Gasteiger partial charge in [0, 0.05) is 6.54 Å². The fourth-order valence-corrected chi connectivity index (χ4v) is 3.21. The number of nitrogens with one attached hydrogen (secondary N) is 1. The van der Waals surface area contributed by atoms with Crippen molar-refractivity contribution in [1.82, 2.24) is 5.32 Å². The van der Waals surface area contributed by atoms with Gasteiger partial charge in [0.1, 0.15) is 0 Å². The van der Waals surface area contributed by atoms with Gasteiger partial charge in [-0.25, -0.2) is 0 Å². The van der Waals surface area contributed by atoms with E-state index in [-0.39, 0.29) is 116 Å². The van der Waals surface area contributed by atoms with E-state index in [4.69, 9.17) is 9.79 Å². The van der Waals surface area contributed by atoms with Gasteiger partial charge in [-0.1, -0.05) is 6.58 Å². The molecule has 1 atom stereocenters. The molecule has 0 radical (unpaired) electrons. The summed E-state index contributed by atoms with van der Waals surface area (Å²) in [5, 5.41) is 7.86. The average molecular weight is 379 g/mol. The molecule has 0 aliphatic carbocycles. The fraction of sp³-hybridized carbons (Fsp3) is 0.571. The second-order valence-electron chi connectivity index (χ2n) is 3.41. The van der Waals surface area contributed by atoms with Crippen molar-refractivity contribution < 1.29 is 141 Å². The monoisotopic (exact) mass is 379 g/mol. The summed E-state index contributed by atoms with van der Waals surface area (Å²) in [6, 6.07) is 0. The Labute approximate surface area is 201 Å². The summed E-state index contributed by atoms with van der Waals surface area (Å²) >= 11 is 0. The molecule has 1 amide bonds. The van der Waals surface area contributed by atoms with Gasteiger partial charge in [-0.2, -0.15) is 0 Å². The summed E-state index contributed by atoms with van der Waals surface area (Å²) in [6.45, 7) is 2.96. The summed E-state index contributed by atoms with van der Waals surface area (Å²) in [4.78, 5) is 49.6. The Morgan fingerprint density at radius 3 is 2.05 bits per heavy atom. The molecule has 13 heteroatoms. The summed E-state index contributed by atoms with van der Waals surface area (Å²) in [7, 11) is -11.5. The molecule has 9 nitrogen and oxygen atoms in total.